The third kappa shape index (κ3) is 14.3. The van der Waals surface area contributed by atoms with Crippen molar-refractivity contribution in [2.75, 3.05) is 6.54 Å². The molecule has 1 aliphatic heterocycles. The molecule has 1 fully saturated rings. The largest absolute Gasteiger partial charge is 0.524 e. The number of phosphoric ester groups is 1. The van der Waals surface area contributed by atoms with Crippen LogP contribution in [0.1, 0.15) is 73.3 Å². The summed E-state index contributed by atoms with van der Waals surface area (Å²) in [6, 6.07) is -1.49. The first-order chi connectivity index (χ1) is 25.0. The average molecular weight is 784 g/mol. The lowest BCUT2D eigenvalue weighted by atomic mass is 10.00. The molecule has 7 atom stereocenters. The van der Waals surface area contributed by atoms with Crippen LogP contribution >= 0.6 is 7.82 Å². The first kappa shape index (κ1) is 45.6. The summed E-state index contributed by atoms with van der Waals surface area (Å²) in [6.45, 7) is 11.0. The summed E-state index contributed by atoms with van der Waals surface area (Å²) in [4.78, 5) is 110. The Morgan fingerprint density at radius 3 is 1.94 bits per heavy atom. The number of rotatable bonds is 19. The second kappa shape index (κ2) is 20.2. The predicted octanol–water partition coefficient (Wildman–Crippen LogP) is -1.28. The van der Waals surface area contributed by atoms with Gasteiger partial charge in [0.2, 0.25) is 41.4 Å². The van der Waals surface area contributed by atoms with Crippen molar-refractivity contribution >= 4 is 49.2 Å². The molecule has 2 rings (SSSR count). The van der Waals surface area contributed by atoms with E-state index in [9.17, 15) is 43.2 Å². The molecule has 1 aromatic rings. The van der Waals surface area contributed by atoms with Gasteiger partial charge in [-0.1, -0.05) is 39.8 Å². The van der Waals surface area contributed by atoms with Crippen LogP contribution in [0.3, 0.4) is 0 Å². The van der Waals surface area contributed by atoms with Crippen LogP contribution in [0.5, 0.6) is 5.75 Å². The van der Waals surface area contributed by atoms with E-state index in [4.69, 9.17) is 15.5 Å². The van der Waals surface area contributed by atoms with Gasteiger partial charge < -0.3 is 46.8 Å². The van der Waals surface area contributed by atoms with E-state index in [1.54, 1.807) is 13.8 Å². The van der Waals surface area contributed by atoms with Gasteiger partial charge in [-0.05, 0) is 62.6 Å². The van der Waals surface area contributed by atoms with E-state index in [2.05, 4.69) is 31.1 Å². The third-order valence-corrected chi connectivity index (χ3v) is 8.98. The van der Waals surface area contributed by atoms with Gasteiger partial charge in [0.1, 0.15) is 42.0 Å². The zero-order valence-electron chi connectivity index (χ0n) is 31.5. The summed E-state index contributed by atoms with van der Waals surface area (Å²) in [6.07, 6.45) is -0.530. The number of carbonyl (C=O) groups excluding carboxylic acids is 7. The van der Waals surface area contributed by atoms with Gasteiger partial charge in [-0.3, -0.25) is 43.3 Å². The number of nitrogens with one attached hydrogen (secondary N) is 5. The van der Waals surface area contributed by atoms with E-state index in [-0.39, 0.29) is 43.4 Å². The monoisotopic (exact) mass is 783 g/mol. The number of likely N-dealkylation sites (tertiary alicyclic amines) is 1. The first-order valence-electron chi connectivity index (χ1n) is 17.6. The van der Waals surface area contributed by atoms with Crippen LogP contribution < -0.4 is 36.8 Å². The molecule has 7 amide bonds. The van der Waals surface area contributed by atoms with Gasteiger partial charge in [-0.2, -0.15) is 0 Å². The molecule has 1 heterocycles. The molecule has 1 aromatic carbocycles. The van der Waals surface area contributed by atoms with Crippen molar-refractivity contribution < 1.29 is 57.5 Å². The van der Waals surface area contributed by atoms with E-state index in [1.807, 2.05) is 13.8 Å². The lowest BCUT2D eigenvalue weighted by Crippen LogP contribution is -2.61. The van der Waals surface area contributed by atoms with E-state index < -0.39 is 91.5 Å². The van der Waals surface area contributed by atoms with Crippen LogP contribution in [0.15, 0.2) is 24.3 Å². The van der Waals surface area contributed by atoms with Crippen LogP contribution in [0, 0.1) is 11.8 Å². The molecule has 0 aromatic heterocycles. The second-order valence-corrected chi connectivity index (χ2v) is 15.3. The van der Waals surface area contributed by atoms with Gasteiger partial charge in [-0.25, -0.2) is 4.57 Å². The SMILES string of the molecule is CC(=O)N[C@H](Cc1ccc(OP(=O)(O)O)cc1)C(=O)N[C@H](CC(C)C)C(=O)N1CCC[C@H]1C(=O)N[C@@H](C)C(=O)N[C@H](C(=O)N[C@H](C(N)=O)C(C)C)[C@@H](C)O. The maximum absolute atomic E-state index is 14.0. The summed E-state index contributed by atoms with van der Waals surface area (Å²) in [5.41, 5.74) is 5.87. The van der Waals surface area contributed by atoms with Crippen molar-refractivity contribution in [3.05, 3.63) is 29.8 Å². The van der Waals surface area contributed by atoms with Gasteiger partial charge in [0.25, 0.3) is 0 Å². The Bertz CT molecular complexity index is 1570. The Kier molecular flexibility index (Phi) is 17.0. The minimum atomic E-state index is -4.79. The number of aliphatic hydroxyl groups excluding tert-OH is 1. The first-order valence-corrected chi connectivity index (χ1v) is 19.1. The molecule has 20 heteroatoms. The van der Waals surface area contributed by atoms with Crippen molar-refractivity contribution in [2.24, 2.45) is 17.6 Å². The Morgan fingerprint density at radius 1 is 0.852 bits per heavy atom. The predicted molar refractivity (Wildman–Crippen MR) is 194 cm³/mol. The number of benzene rings is 1. The van der Waals surface area contributed by atoms with Crippen LogP contribution in [-0.2, 0) is 44.5 Å². The molecule has 1 saturated heterocycles. The quantitative estimate of drug-likeness (QED) is 0.0742. The molecule has 19 nitrogen and oxygen atoms in total. The molecular weight excluding hydrogens is 729 g/mol. The number of nitrogens with two attached hydrogens (primary N) is 1. The highest BCUT2D eigenvalue weighted by Crippen LogP contribution is 2.37. The Labute approximate surface area is 314 Å². The number of nitrogens with zero attached hydrogens (tertiary/aromatic N) is 1. The molecular formula is C34H54N7O12P. The number of hydrogen-bond donors (Lipinski definition) is 9. The smallest absolute Gasteiger partial charge is 0.404 e. The molecule has 10 N–H and O–H groups in total. The maximum Gasteiger partial charge on any atom is 0.524 e. The fourth-order valence-corrected chi connectivity index (χ4v) is 6.25. The van der Waals surface area contributed by atoms with Crippen LogP contribution in [-0.4, -0.2) is 110 Å². The lowest BCUT2D eigenvalue weighted by molar-refractivity contribution is -0.143. The highest BCUT2D eigenvalue weighted by Gasteiger charge is 2.40. The highest BCUT2D eigenvalue weighted by atomic mass is 31.2. The summed E-state index contributed by atoms with van der Waals surface area (Å²) in [5.74, 6) is -5.45. The molecule has 0 unspecified atom stereocenters. The molecule has 302 valence electrons. The number of phosphoric acid groups is 1. The standard InChI is InChI=1S/C34H54N7O12P/c1-17(2)15-25(38-31(46)24(37-21(7)43)16-22-10-12-23(13-11-22)53-54(50,51)52)34(49)41-14-8-9-26(41)32(47)36-19(5)30(45)40-28(20(6)42)33(48)39-27(18(3)4)29(35)44/h10-13,17-20,24-28,42H,8-9,14-16H2,1-7H3,(H2,35,44)(H,36,47)(H,37,43)(H,38,46)(H,39,48)(H,40,45)(H2,50,51,52)/t19-,20+,24+,25+,26-,27-,28-/m0/s1. The summed E-state index contributed by atoms with van der Waals surface area (Å²) < 4.78 is 15.7. The molecule has 0 spiro atoms. The van der Waals surface area contributed by atoms with Crippen LogP contribution in [0.2, 0.25) is 0 Å². The topological polar surface area (TPSA) is 296 Å². The molecule has 54 heavy (non-hydrogen) atoms. The zero-order valence-corrected chi connectivity index (χ0v) is 32.4. The maximum atomic E-state index is 14.0. The van der Waals surface area contributed by atoms with Crippen molar-refractivity contribution in [3.63, 3.8) is 0 Å². The van der Waals surface area contributed by atoms with Gasteiger partial charge in [0, 0.05) is 19.9 Å². The van der Waals surface area contributed by atoms with Crippen molar-refractivity contribution in [2.45, 2.75) is 117 Å². The van der Waals surface area contributed by atoms with Gasteiger partial charge in [0.05, 0.1) is 6.10 Å². The Balaban J connectivity index is 2.17. The summed E-state index contributed by atoms with van der Waals surface area (Å²) in [5, 5.41) is 22.9. The number of primary amides is 1. The number of amides is 7. The normalized spacial score (nSPS) is 17.7. The number of hydrogen-bond acceptors (Lipinski definition) is 10. The van der Waals surface area contributed by atoms with Gasteiger partial charge in [-0.15, -0.1) is 0 Å². The van der Waals surface area contributed by atoms with E-state index in [1.165, 1.54) is 49.9 Å². The molecule has 1 aliphatic rings. The van der Waals surface area contributed by atoms with Crippen LogP contribution in [0.4, 0.5) is 0 Å². The van der Waals surface area contributed by atoms with Gasteiger partial charge in [0.15, 0.2) is 0 Å². The van der Waals surface area contributed by atoms with Gasteiger partial charge >= 0.3 is 7.82 Å². The van der Waals surface area contributed by atoms with E-state index in [0.717, 1.165) is 0 Å². The molecule has 0 aliphatic carbocycles. The highest BCUT2D eigenvalue weighted by molar-refractivity contribution is 7.46. The van der Waals surface area contributed by atoms with Crippen molar-refractivity contribution in [3.8, 4) is 5.75 Å². The average Bonchev–Trinajstić information content (AvgIpc) is 3.54. The number of aliphatic hydroxyl groups is 1. The Morgan fingerprint density at radius 2 is 1.44 bits per heavy atom. The fourth-order valence-electron chi connectivity index (χ4n) is 5.85. The van der Waals surface area contributed by atoms with E-state index in [0.29, 0.717) is 12.0 Å². The summed E-state index contributed by atoms with van der Waals surface area (Å²) in [7, 11) is -4.79. The molecule has 0 bridgehead atoms. The van der Waals surface area contributed by atoms with Crippen LogP contribution in [0.25, 0.3) is 0 Å². The Hall–Kier alpha value is -4.58. The fraction of sp³-hybridized carbons (Fsp3) is 0.618. The molecule has 0 saturated carbocycles. The number of carbonyl (C=O) groups is 7. The van der Waals surface area contributed by atoms with E-state index >= 15 is 0 Å². The summed E-state index contributed by atoms with van der Waals surface area (Å²) >= 11 is 0. The second-order valence-electron chi connectivity index (χ2n) is 14.2. The minimum absolute atomic E-state index is 0.0417. The third-order valence-electron chi connectivity index (χ3n) is 8.53. The van der Waals surface area contributed by atoms with Crippen molar-refractivity contribution in [1.82, 2.24) is 31.5 Å². The minimum Gasteiger partial charge on any atom is -0.404 e. The molecule has 0 radical (unpaired) electrons. The lowest BCUT2D eigenvalue weighted by Gasteiger charge is -2.31. The van der Waals surface area contributed by atoms with Crippen molar-refractivity contribution in [1.29, 1.82) is 0 Å². The zero-order chi connectivity index (χ0) is 41.1.